The highest BCUT2D eigenvalue weighted by Gasteiger charge is 2.25. The van der Waals surface area contributed by atoms with Gasteiger partial charge in [0.25, 0.3) is 36.0 Å². The molecule has 8 aromatic heterocycles. The minimum Gasteiger partial charge on any atom is -0.450 e. The lowest BCUT2D eigenvalue weighted by atomic mass is 10.2. The van der Waals surface area contributed by atoms with Crippen LogP contribution in [0.3, 0.4) is 0 Å². The molecule has 0 atom stereocenters. The van der Waals surface area contributed by atoms with Crippen molar-refractivity contribution in [3.05, 3.63) is 111 Å². The lowest BCUT2D eigenvalue weighted by Gasteiger charge is -2.07. The molecule has 0 aliphatic rings. The fourth-order valence-electron chi connectivity index (χ4n) is 6.90. The van der Waals surface area contributed by atoms with Gasteiger partial charge in [-0.05, 0) is 95.4 Å². The second-order valence-electron chi connectivity index (χ2n) is 17.9. The monoisotopic (exact) mass is 1370 g/mol. The first-order chi connectivity index (χ1) is 40.7. The predicted octanol–water partition coefficient (Wildman–Crippen LogP) is 10.2. The molecule has 9 rings (SSSR count). The van der Waals surface area contributed by atoms with Crippen LogP contribution in [0.1, 0.15) is 69.4 Å². The predicted molar refractivity (Wildman–Crippen MR) is 336 cm³/mol. The van der Waals surface area contributed by atoms with Crippen LogP contribution in [-0.4, -0.2) is 100 Å². The van der Waals surface area contributed by atoms with Gasteiger partial charge in [-0.1, -0.05) is 74.6 Å². The van der Waals surface area contributed by atoms with Crippen molar-refractivity contribution in [2.45, 2.75) is 77.2 Å². The van der Waals surface area contributed by atoms with Crippen LogP contribution in [0.25, 0.3) is 42.5 Å². The molecule has 87 heavy (non-hydrogen) atoms. The number of hydrogen-bond acceptors (Lipinski definition) is 23. The van der Waals surface area contributed by atoms with Gasteiger partial charge in [0.2, 0.25) is 38.9 Å². The molecule has 0 aliphatic carbocycles. The Morgan fingerprint density at radius 1 is 0.529 bits per heavy atom. The van der Waals surface area contributed by atoms with Crippen LogP contribution in [0.2, 0.25) is 10.0 Å². The van der Waals surface area contributed by atoms with Crippen LogP contribution < -0.4 is 36.4 Å². The van der Waals surface area contributed by atoms with Gasteiger partial charge >= 0.3 is 0 Å². The van der Waals surface area contributed by atoms with Gasteiger partial charge in [0.05, 0.1) is 42.3 Å². The van der Waals surface area contributed by atoms with E-state index in [9.17, 15) is 49.2 Å². The quantitative estimate of drug-likeness (QED) is 0.0472. The average Bonchev–Trinajstić information content (AvgIpc) is 2.17. The van der Waals surface area contributed by atoms with E-state index in [1.807, 2.05) is 0 Å². The topological polar surface area (TPSA) is 393 Å². The number of nitrogens with zero attached hydrogens (tertiary/aromatic N) is 5. The highest BCUT2D eigenvalue weighted by atomic mass is 35.5. The van der Waals surface area contributed by atoms with E-state index in [2.05, 4.69) is 51.2 Å². The van der Waals surface area contributed by atoms with Crippen LogP contribution in [0.15, 0.2) is 99.7 Å². The molecule has 0 radical (unpaired) electrons. The second-order valence-corrected chi connectivity index (χ2v) is 28.1. The molecule has 27 nitrogen and oxygen atoms in total. The average molecular weight is 1370 g/mol. The molecule has 0 saturated carbocycles. The molecule has 5 amide bonds. The molecule has 0 bridgehead atoms. The van der Waals surface area contributed by atoms with Gasteiger partial charge in [0, 0.05) is 66.8 Å². The van der Waals surface area contributed by atoms with E-state index < -0.39 is 30.1 Å². The molecule has 9 aromatic rings. The number of hydrogen-bond donors (Lipinski definition) is 7. The Bertz CT molecular complexity index is 4360. The summed E-state index contributed by atoms with van der Waals surface area (Å²) in [6.45, 7) is 12.8. The van der Waals surface area contributed by atoms with Crippen LogP contribution in [0, 0.1) is 27.7 Å². The first-order valence-electron chi connectivity index (χ1n) is 24.7. The van der Waals surface area contributed by atoms with Crippen molar-refractivity contribution < 1.29 is 69.7 Å². The first kappa shape index (κ1) is 68.6. The zero-order chi connectivity index (χ0) is 64.5. The summed E-state index contributed by atoms with van der Waals surface area (Å²) in [4.78, 5) is 76.0. The summed E-state index contributed by atoms with van der Waals surface area (Å²) in [7, 11) is -6.91. The van der Waals surface area contributed by atoms with Crippen molar-refractivity contribution in [1.29, 1.82) is 0 Å². The van der Waals surface area contributed by atoms with Gasteiger partial charge in [0.15, 0.2) is 26.3 Å². The minimum absolute atomic E-state index is 0. The Morgan fingerprint density at radius 2 is 0.862 bits per heavy atom. The van der Waals surface area contributed by atoms with Gasteiger partial charge in [-0.15, -0.1) is 0 Å². The number of rotatable bonds is 16. The van der Waals surface area contributed by atoms with Crippen molar-refractivity contribution in [2.75, 3.05) is 42.4 Å². The maximum Gasteiger partial charge on any atom is 0.287 e. The molecular formula is C51H58Cl2N12O15S7. The van der Waals surface area contributed by atoms with E-state index in [0.717, 1.165) is 9.18 Å². The third kappa shape index (κ3) is 18.3. The van der Waals surface area contributed by atoms with Crippen molar-refractivity contribution in [2.24, 2.45) is 5.14 Å². The molecule has 8 heterocycles. The van der Waals surface area contributed by atoms with E-state index in [1.165, 1.54) is 118 Å². The number of furan rings is 4. The van der Waals surface area contributed by atoms with Gasteiger partial charge in [-0.3, -0.25) is 24.0 Å². The Morgan fingerprint density at radius 3 is 1.21 bits per heavy atom. The largest absolute Gasteiger partial charge is 0.450 e. The lowest BCUT2D eigenvalue weighted by Crippen LogP contribution is -2.22. The Kier molecular flexibility index (Phi) is 22.9. The number of carbonyl (C=O) groups excluding carboxylic acids is 5. The maximum atomic E-state index is 12.4. The summed E-state index contributed by atoms with van der Waals surface area (Å²) < 4.78 is 94.3. The lowest BCUT2D eigenvalue weighted by molar-refractivity contribution is -0.115. The number of nitrogens with one attached hydrogen (secondary N) is 6. The third-order valence-electron chi connectivity index (χ3n) is 10.8. The zero-order valence-electron chi connectivity index (χ0n) is 47.6. The summed E-state index contributed by atoms with van der Waals surface area (Å²) in [6.07, 6.45) is 0. The molecule has 36 heteroatoms. The van der Waals surface area contributed by atoms with Crippen LogP contribution >= 0.6 is 68.5 Å². The summed E-state index contributed by atoms with van der Waals surface area (Å²) in [5, 5.41) is 20.2. The molecule has 0 unspecified atom stereocenters. The van der Waals surface area contributed by atoms with Crippen LogP contribution in [0.4, 0.5) is 20.5 Å². The molecule has 0 saturated heterocycles. The number of amides is 5. The molecular weight excluding hydrogens is 1320 g/mol. The number of halogens is 2. The van der Waals surface area contributed by atoms with Crippen molar-refractivity contribution in [1.82, 2.24) is 34.3 Å². The number of aromatic nitrogens is 4. The standard InChI is InChI=1S/C18H15Cl2N3O3S.C12H15N3O4S2.C11H13N3O4S2.C10H11N3O4S2.2H2/c1-9-16(27-18(22-9)23-10(2)24)14-6-7-15(26-14)17(25)21-8-11-12(19)4-3-5-13(11)20;1-7-11(20-12(13-7)14-8(2)16)9-5-6-10(19-9)21(17,18)15(3)4;1-6-10(19-11(13-6)14-7(2)15)8-4-5-9(18-8)20(16,17)12-3;1-5-9(18-10(12-5)13-6(2)14)7-3-4-8(17-7)19(11,15)16;;/h3-7H,8H2,1-2H3,(H,21,25)(H,22,23,24);5-6H,1-4H3,(H,13,14,16);4-5,12H,1-3H3,(H,13,14,15);3-4H,1-2H3,(H2,11,15,16)(H,12,13,14);2*1H. The van der Waals surface area contributed by atoms with Gasteiger partial charge < -0.3 is 44.3 Å². The fraction of sp³-hybridized carbons (Fsp3) is 0.235. The Labute approximate surface area is 527 Å². The van der Waals surface area contributed by atoms with Crippen LogP contribution in [0.5, 0.6) is 0 Å². The van der Waals surface area contributed by atoms with Crippen LogP contribution in [-0.2, 0) is 55.8 Å². The van der Waals surface area contributed by atoms with Gasteiger partial charge in [-0.2, -0.15) is 0 Å². The number of primary sulfonamides is 1. The maximum absolute atomic E-state index is 12.4. The molecule has 468 valence electrons. The highest BCUT2D eigenvalue weighted by Crippen LogP contribution is 2.38. The fourth-order valence-corrected chi connectivity index (χ4v) is 13.2. The van der Waals surface area contributed by atoms with Crippen molar-refractivity contribution >= 4 is 149 Å². The highest BCUT2D eigenvalue weighted by molar-refractivity contribution is 7.89. The van der Waals surface area contributed by atoms with Gasteiger partial charge in [-0.25, -0.2) is 59.4 Å². The molecule has 8 N–H and O–H groups in total. The third-order valence-corrected chi connectivity index (χ3v) is 19.6. The molecule has 1 aromatic carbocycles. The SMILES string of the molecule is CC(=O)Nc1nc(C)c(-c2ccc(C(=O)NCc3c(Cl)cccc3Cl)o2)s1.CC(=O)Nc1nc(C)c(-c2ccc(S(=O)(=O)N(C)C)o2)s1.CC(=O)Nc1nc(C)c(-c2ccc(S(N)(=O)=O)o2)s1.CNS(=O)(=O)c1ccc(-c2sc(NC(C)=O)nc2C)o1.[HH].[HH]. The molecule has 0 spiro atoms. The number of anilines is 4. The van der Waals surface area contributed by atoms with E-state index in [4.69, 9.17) is 46.0 Å². The normalized spacial score (nSPS) is 11.3. The van der Waals surface area contributed by atoms with E-state index in [-0.39, 0.29) is 60.0 Å². The molecule has 0 fully saturated rings. The first-order valence-corrected chi connectivity index (χ1v) is 33.2. The summed E-state index contributed by atoms with van der Waals surface area (Å²) >= 11 is 17.1. The smallest absolute Gasteiger partial charge is 0.287 e. The minimum atomic E-state index is -3.87. The second kappa shape index (κ2) is 29.0. The van der Waals surface area contributed by atoms with Crippen molar-refractivity contribution in [3.8, 4) is 42.5 Å². The summed E-state index contributed by atoms with van der Waals surface area (Å²) in [5.41, 5.74) is 3.28. The Hall–Kier alpha value is -7.48. The van der Waals surface area contributed by atoms with E-state index in [0.29, 0.717) is 96.6 Å². The molecule has 0 aliphatic heterocycles. The number of aryl methyl sites for hydroxylation is 4. The Balaban J connectivity index is 0.000000254. The zero-order valence-corrected chi connectivity index (χ0v) is 54.8. The van der Waals surface area contributed by atoms with Gasteiger partial charge in [0.1, 0.15) is 23.0 Å². The van der Waals surface area contributed by atoms with Crippen molar-refractivity contribution in [3.63, 3.8) is 0 Å². The number of sulfonamides is 3. The number of nitrogens with two attached hydrogens (primary N) is 1. The van der Waals surface area contributed by atoms with E-state index in [1.54, 1.807) is 70.2 Å². The van der Waals surface area contributed by atoms with E-state index >= 15 is 0 Å². The number of thiazole rings is 4. The summed E-state index contributed by atoms with van der Waals surface area (Å²) in [5.74, 6) is 0.543. The number of carbonyl (C=O) groups is 5. The number of benzene rings is 1. The summed E-state index contributed by atoms with van der Waals surface area (Å²) in [6, 6.07) is 17.1.